The van der Waals surface area contributed by atoms with Gasteiger partial charge in [-0.2, -0.15) is 13.2 Å². The zero-order valence-electron chi connectivity index (χ0n) is 14.5. The van der Waals surface area contributed by atoms with Gasteiger partial charge >= 0.3 is 6.18 Å². The summed E-state index contributed by atoms with van der Waals surface area (Å²) < 4.78 is 43.1. The SMILES string of the molecule is O=C(COc1cccc(C(F)(F)F)c1)Nc1ccc(C(=O)NC2CC2)c(Cl)c1. The second-order valence-electron chi connectivity index (χ2n) is 6.30. The molecule has 0 radical (unpaired) electrons. The Hall–Kier alpha value is -2.74. The van der Waals surface area contributed by atoms with Gasteiger partial charge in [-0.15, -0.1) is 0 Å². The third-order valence-electron chi connectivity index (χ3n) is 3.94. The van der Waals surface area contributed by atoms with Crippen molar-refractivity contribution < 1.29 is 27.5 Å². The van der Waals surface area contributed by atoms with Crippen LogP contribution in [0.1, 0.15) is 28.8 Å². The molecule has 1 aliphatic rings. The Morgan fingerprint density at radius 2 is 1.89 bits per heavy atom. The van der Waals surface area contributed by atoms with Crippen LogP contribution in [0.2, 0.25) is 5.02 Å². The van der Waals surface area contributed by atoms with Gasteiger partial charge < -0.3 is 15.4 Å². The van der Waals surface area contributed by atoms with E-state index in [0.717, 1.165) is 25.0 Å². The molecule has 0 unspecified atom stereocenters. The second kappa shape index (κ2) is 8.10. The number of carbonyl (C=O) groups is 2. The van der Waals surface area contributed by atoms with Gasteiger partial charge in [-0.25, -0.2) is 0 Å². The van der Waals surface area contributed by atoms with E-state index in [1.54, 1.807) is 0 Å². The lowest BCUT2D eigenvalue weighted by atomic mass is 10.2. The van der Waals surface area contributed by atoms with E-state index < -0.39 is 24.3 Å². The van der Waals surface area contributed by atoms with Crippen LogP contribution in [0.5, 0.6) is 5.75 Å². The summed E-state index contributed by atoms with van der Waals surface area (Å²) in [6.45, 7) is -0.483. The fourth-order valence-electron chi connectivity index (χ4n) is 2.38. The van der Waals surface area contributed by atoms with Crippen LogP contribution in [0.4, 0.5) is 18.9 Å². The maximum absolute atomic E-state index is 12.7. The van der Waals surface area contributed by atoms with Gasteiger partial charge in [0.2, 0.25) is 0 Å². The van der Waals surface area contributed by atoms with Gasteiger partial charge in [0.1, 0.15) is 5.75 Å². The van der Waals surface area contributed by atoms with E-state index in [9.17, 15) is 22.8 Å². The van der Waals surface area contributed by atoms with Crippen LogP contribution in [0.25, 0.3) is 0 Å². The first-order chi connectivity index (χ1) is 13.2. The van der Waals surface area contributed by atoms with Gasteiger partial charge in [-0.1, -0.05) is 17.7 Å². The Morgan fingerprint density at radius 1 is 1.14 bits per heavy atom. The smallest absolute Gasteiger partial charge is 0.416 e. The molecule has 1 fully saturated rings. The minimum absolute atomic E-state index is 0.0740. The number of alkyl halides is 3. The molecule has 148 valence electrons. The highest BCUT2D eigenvalue weighted by Crippen LogP contribution is 2.31. The monoisotopic (exact) mass is 412 g/mol. The molecular formula is C19H16ClF3N2O3. The fraction of sp³-hybridized carbons (Fsp3) is 0.263. The number of halogens is 4. The first-order valence-corrected chi connectivity index (χ1v) is 8.80. The molecule has 28 heavy (non-hydrogen) atoms. The lowest BCUT2D eigenvalue weighted by Gasteiger charge is -2.11. The molecule has 0 aliphatic heterocycles. The normalized spacial score (nSPS) is 13.7. The Balaban J connectivity index is 1.56. The summed E-state index contributed by atoms with van der Waals surface area (Å²) in [5.74, 6) is -0.933. The van der Waals surface area contributed by atoms with Crippen molar-refractivity contribution in [2.75, 3.05) is 11.9 Å². The number of ether oxygens (including phenoxy) is 1. The van der Waals surface area contributed by atoms with E-state index in [-0.39, 0.29) is 22.7 Å². The summed E-state index contributed by atoms with van der Waals surface area (Å²) in [5.41, 5.74) is -0.227. The molecule has 0 heterocycles. The van der Waals surface area contributed by atoms with Gasteiger partial charge in [-0.3, -0.25) is 9.59 Å². The van der Waals surface area contributed by atoms with Crippen molar-refractivity contribution in [1.82, 2.24) is 5.32 Å². The van der Waals surface area contributed by atoms with Crippen molar-refractivity contribution >= 4 is 29.1 Å². The first-order valence-electron chi connectivity index (χ1n) is 8.43. The van der Waals surface area contributed by atoms with Crippen LogP contribution in [0.3, 0.4) is 0 Å². The molecule has 2 aromatic rings. The van der Waals surface area contributed by atoms with Crippen molar-refractivity contribution in [3.05, 3.63) is 58.6 Å². The van der Waals surface area contributed by atoms with Gasteiger partial charge in [-0.05, 0) is 49.2 Å². The molecule has 2 amide bonds. The molecule has 0 aromatic heterocycles. The molecule has 3 rings (SSSR count). The summed E-state index contributed by atoms with van der Waals surface area (Å²) in [4.78, 5) is 24.0. The van der Waals surface area contributed by atoms with E-state index in [2.05, 4.69) is 10.6 Å². The molecular weight excluding hydrogens is 397 g/mol. The maximum Gasteiger partial charge on any atom is 0.416 e. The van der Waals surface area contributed by atoms with Crippen molar-refractivity contribution in [3.63, 3.8) is 0 Å². The molecule has 2 N–H and O–H groups in total. The van der Waals surface area contributed by atoms with Crippen molar-refractivity contribution in [2.45, 2.75) is 25.1 Å². The molecule has 9 heteroatoms. The van der Waals surface area contributed by atoms with Crippen LogP contribution in [-0.2, 0) is 11.0 Å². The second-order valence-corrected chi connectivity index (χ2v) is 6.71. The highest BCUT2D eigenvalue weighted by molar-refractivity contribution is 6.34. The Bertz CT molecular complexity index is 898. The van der Waals surface area contributed by atoms with Crippen LogP contribution in [0, 0.1) is 0 Å². The summed E-state index contributed by atoms with van der Waals surface area (Å²) in [6, 6.07) is 8.86. The maximum atomic E-state index is 12.7. The van der Waals surface area contributed by atoms with Crippen LogP contribution >= 0.6 is 11.6 Å². The largest absolute Gasteiger partial charge is 0.484 e. The molecule has 0 bridgehead atoms. The number of carbonyl (C=O) groups excluding carboxylic acids is 2. The Morgan fingerprint density at radius 3 is 2.54 bits per heavy atom. The van der Waals surface area contributed by atoms with E-state index in [4.69, 9.17) is 16.3 Å². The van der Waals surface area contributed by atoms with Crippen LogP contribution in [-0.4, -0.2) is 24.5 Å². The molecule has 2 aromatic carbocycles. The number of anilines is 1. The zero-order chi connectivity index (χ0) is 20.3. The molecule has 0 atom stereocenters. The van der Waals surface area contributed by atoms with Crippen molar-refractivity contribution in [1.29, 1.82) is 0 Å². The van der Waals surface area contributed by atoms with E-state index in [1.807, 2.05) is 0 Å². The standard InChI is InChI=1S/C19H16ClF3N2O3/c20-16-9-13(6-7-15(16)18(27)25-12-4-5-12)24-17(26)10-28-14-3-1-2-11(8-14)19(21,22)23/h1-3,6-9,12H,4-5,10H2,(H,24,26)(H,25,27). The van der Waals surface area contributed by atoms with Crippen molar-refractivity contribution in [2.24, 2.45) is 0 Å². The fourth-order valence-corrected chi connectivity index (χ4v) is 2.64. The number of rotatable bonds is 6. The molecule has 1 aliphatic carbocycles. The predicted octanol–water partition coefficient (Wildman–Crippen LogP) is 4.27. The van der Waals surface area contributed by atoms with E-state index in [0.29, 0.717) is 11.3 Å². The van der Waals surface area contributed by atoms with Crippen molar-refractivity contribution in [3.8, 4) is 5.75 Å². The topological polar surface area (TPSA) is 67.4 Å². The lowest BCUT2D eigenvalue weighted by molar-refractivity contribution is -0.137. The number of hydrogen-bond acceptors (Lipinski definition) is 3. The minimum atomic E-state index is -4.49. The summed E-state index contributed by atoms with van der Waals surface area (Å²) in [7, 11) is 0. The van der Waals surface area contributed by atoms with E-state index in [1.165, 1.54) is 30.3 Å². The van der Waals surface area contributed by atoms with Gasteiger partial charge in [0.15, 0.2) is 6.61 Å². The highest BCUT2D eigenvalue weighted by atomic mass is 35.5. The van der Waals surface area contributed by atoms with Crippen LogP contribution < -0.4 is 15.4 Å². The zero-order valence-corrected chi connectivity index (χ0v) is 15.2. The first kappa shape index (κ1) is 20.0. The van der Waals surface area contributed by atoms with Gasteiger partial charge in [0.25, 0.3) is 11.8 Å². The predicted molar refractivity (Wildman–Crippen MR) is 97.5 cm³/mol. The quantitative estimate of drug-likeness (QED) is 0.744. The van der Waals surface area contributed by atoms with Gasteiger partial charge in [0, 0.05) is 11.7 Å². The number of hydrogen-bond donors (Lipinski definition) is 2. The van der Waals surface area contributed by atoms with Crippen LogP contribution in [0.15, 0.2) is 42.5 Å². The molecule has 0 spiro atoms. The third-order valence-corrected chi connectivity index (χ3v) is 4.25. The summed E-state index contributed by atoms with van der Waals surface area (Å²) >= 11 is 6.09. The molecule has 0 saturated heterocycles. The number of nitrogens with one attached hydrogen (secondary N) is 2. The third kappa shape index (κ3) is 5.39. The molecule has 5 nitrogen and oxygen atoms in total. The van der Waals surface area contributed by atoms with Gasteiger partial charge in [0.05, 0.1) is 16.1 Å². The Labute approximate surface area is 163 Å². The average molecular weight is 413 g/mol. The average Bonchev–Trinajstić information content (AvgIpc) is 3.43. The number of amides is 2. The highest BCUT2D eigenvalue weighted by Gasteiger charge is 2.30. The Kier molecular flexibility index (Phi) is 5.79. The van der Waals surface area contributed by atoms with E-state index >= 15 is 0 Å². The minimum Gasteiger partial charge on any atom is -0.484 e. The molecule has 1 saturated carbocycles. The summed E-state index contributed by atoms with van der Waals surface area (Å²) in [5, 5.41) is 5.50. The summed E-state index contributed by atoms with van der Waals surface area (Å²) in [6.07, 6.45) is -2.60. The lowest BCUT2D eigenvalue weighted by Crippen LogP contribution is -2.25. The number of benzene rings is 2.